The number of rotatable bonds is 2. The van der Waals surface area contributed by atoms with Crippen molar-refractivity contribution in [2.75, 3.05) is 5.43 Å². The molecule has 0 aliphatic rings. The molecule has 0 radical (unpaired) electrons. The third-order valence-electron chi connectivity index (χ3n) is 1.20. The third-order valence-corrected chi connectivity index (χ3v) is 1.86. The fraction of sp³-hybridized carbons (Fsp3) is 0. The van der Waals surface area contributed by atoms with Gasteiger partial charge in [0, 0.05) is 5.69 Å². The predicted octanol–water partition coefficient (Wildman–Crippen LogP) is 0.553. The molecule has 60 valence electrons. The van der Waals surface area contributed by atoms with Crippen molar-refractivity contribution in [3.05, 3.63) is 24.3 Å². The van der Waals surface area contributed by atoms with Crippen LogP contribution in [0.25, 0.3) is 0 Å². The van der Waals surface area contributed by atoms with Gasteiger partial charge in [0.15, 0.2) is 11.1 Å². The lowest BCUT2D eigenvalue weighted by Gasteiger charge is -1.99. The monoisotopic (exact) mass is 172 g/mol. The Hall–Kier alpha value is -0.910. The van der Waals surface area contributed by atoms with Crippen molar-refractivity contribution in [2.24, 2.45) is 5.84 Å². The van der Waals surface area contributed by atoms with Crippen molar-refractivity contribution < 1.29 is 8.76 Å². The van der Waals surface area contributed by atoms with E-state index in [-0.39, 0.29) is 0 Å². The maximum absolute atomic E-state index is 10.5. The zero-order chi connectivity index (χ0) is 8.27. The van der Waals surface area contributed by atoms with Crippen LogP contribution in [0.5, 0.6) is 0 Å². The van der Waals surface area contributed by atoms with Crippen LogP contribution in [0.2, 0.25) is 0 Å². The first kappa shape index (κ1) is 8.19. The van der Waals surface area contributed by atoms with E-state index in [2.05, 4.69) is 5.43 Å². The number of hydrogen-bond donors (Lipinski definition) is 3. The van der Waals surface area contributed by atoms with Crippen molar-refractivity contribution in [3.8, 4) is 0 Å². The Kier molecular flexibility index (Phi) is 2.58. The summed E-state index contributed by atoms with van der Waals surface area (Å²) in [4.78, 5) is 0.334. The van der Waals surface area contributed by atoms with Crippen LogP contribution in [-0.2, 0) is 11.1 Å². The average Bonchev–Trinajstić information content (AvgIpc) is 2.05. The van der Waals surface area contributed by atoms with Crippen LogP contribution in [0.4, 0.5) is 5.69 Å². The second-order valence-corrected chi connectivity index (χ2v) is 2.89. The quantitative estimate of drug-likeness (QED) is 0.346. The Morgan fingerprint density at radius 3 is 2.82 bits per heavy atom. The van der Waals surface area contributed by atoms with Gasteiger partial charge in [0.1, 0.15) is 0 Å². The van der Waals surface area contributed by atoms with Crippen LogP contribution in [-0.4, -0.2) is 8.76 Å². The largest absolute Gasteiger partial charge is 0.324 e. The molecule has 0 saturated carbocycles. The fourth-order valence-corrected chi connectivity index (χ4v) is 1.12. The summed E-state index contributed by atoms with van der Waals surface area (Å²) in [6.07, 6.45) is 0. The van der Waals surface area contributed by atoms with Crippen LogP contribution in [0, 0.1) is 0 Å². The maximum atomic E-state index is 10.5. The van der Waals surface area contributed by atoms with E-state index < -0.39 is 11.1 Å². The van der Waals surface area contributed by atoms with Crippen LogP contribution in [0.1, 0.15) is 0 Å². The number of hydrogen-bond acceptors (Lipinski definition) is 3. The number of nitrogen functional groups attached to an aromatic ring is 1. The second-order valence-electron chi connectivity index (χ2n) is 1.92. The normalized spacial score (nSPS) is 12.5. The van der Waals surface area contributed by atoms with Gasteiger partial charge in [0.2, 0.25) is 0 Å². The molecule has 11 heavy (non-hydrogen) atoms. The van der Waals surface area contributed by atoms with E-state index in [1.54, 1.807) is 18.2 Å². The molecule has 0 bridgehead atoms. The molecule has 0 aliphatic heterocycles. The van der Waals surface area contributed by atoms with Crippen molar-refractivity contribution in [1.82, 2.24) is 0 Å². The molecule has 5 heteroatoms. The van der Waals surface area contributed by atoms with Gasteiger partial charge in [-0.3, -0.25) is 5.84 Å². The highest BCUT2D eigenvalue weighted by molar-refractivity contribution is 7.79. The first-order valence-electron chi connectivity index (χ1n) is 2.91. The smallest absolute Gasteiger partial charge is 0.186 e. The molecule has 0 spiro atoms. The maximum Gasteiger partial charge on any atom is 0.186 e. The van der Waals surface area contributed by atoms with E-state index in [0.717, 1.165) is 0 Å². The van der Waals surface area contributed by atoms with Gasteiger partial charge in [0.25, 0.3) is 0 Å². The number of benzene rings is 1. The molecular formula is C6H8N2O2S. The van der Waals surface area contributed by atoms with Crippen LogP contribution >= 0.6 is 0 Å². The first-order chi connectivity index (χ1) is 5.24. The molecule has 0 heterocycles. The van der Waals surface area contributed by atoms with Crippen LogP contribution in [0.15, 0.2) is 29.2 Å². The van der Waals surface area contributed by atoms with Gasteiger partial charge < -0.3 is 9.98 Å². The zero-order valence-electron chi connectivity index (χ0n) is 5.65. The summed E-state index contributed by atoms with van der Waals surface area (Å²) < 4.78 is 19.2. The summed E-state index contributed by atoms with van der Waals surface area (Å²) in [7, 11) is 0. The molecule has 1 unspecified atom stereocenters. The first-order valence-corrected chi connectivity index (χ1v) is 4.02. The average molecular weight is 172 g/mol. The minimum Gasteiger partial charge on any atom is -0.324 e. The predicted molar refractivity (Wildman–Crippen MR) is 43.3 cm³/mol. The topological polar surface area (TPSA) is 75.3 Å². The lowest BCUT2D eigenvalue weighted by Crippen LogP contribution is -2.06. The Morgan fingerprint density at radius 1 is 1.55 bits per heavy atom. The summed E-state index contributed by atoms with van der Waals surface area (Å²) in [6.45, 7) is 0. The Labute approximate surface area is 66.7 Å². The third kappa shape index (κ3) is 2.01. The van der Waals surface area contributed by atoms with E-state index in [4.69, 9.17) is 10.4 Å². The van der Waals surface area contributed by atoms with Crippen LogP contribution in [0.3, 0.4) is 0 Å². The second kappa shape index (κ2) is 3.47. The zero-order valence-corrected chi connectivity index (χ0v) is 6.47. The summed E-state index contributed by atoms with van der Waals surface area (Å²) in [5.41, 5.74) is 2.99. The van der Waals surface area contributed by atoms with E-state index in [9.17, 15) is 4.21 Å². The Morgan fingerprint density at radius 2 is 2.27 bits per heavy atom. The molecule has 0 fully saturated rings. The van der Waals surface area contributed by atoms with E-state index in [1.165, 1.54) is 6.07 Å². The lowest BCUT2D eigenvalue weighted by atomic mass is 10.3. The summed E-state index contributed by atoms with van der Waals surface area (Å²) in [6, 6.07) is 6.42. The summed E-state index contributed by atoms with van der Waals surface area (Å²) >= 11 is -1.94. The molecule has 1 rings (SSSR count). The fourth-order valence-electron chi connectivity index (χ4n) is 0.695. The van der Waals surface area contributed by atoms with Gasteiger partial charge in [-0.15, -0.1) is 0 Å². The molecular weight excluding hydrogens is 164 g/mol. The summed E-state index contributed by atoms with van der Waals surface area (Å²) in [5, 5.41) is 0. The van der Waals surface area contributed by atoms with Gasteiger partial charge in [-0.1, -0.05) is 6.07 Å². The number of nitrogens with one attached hydrogen (secondary N) is 1. The van der Waals surface area contributed by atoms with Crippen molar-refractivity contribution in [3.63, 3.8) is 0 Å². The van der Waals surface area contributed by atoms with Gasteiger partial charge in [-0.25, -0.2) is 4.21 Å². The van der Waals surface area contributed by atoms with Crippen LogP contribution < -0.4 is 11.3 Å². The van der Waals surface area contributed by atoms with Gasteiger partial charge >= 0.3 is 0 Å². The van der Waals surface area contributed by atoms with E-state index in [1.807, 2.05) is 0 Å². The molecule has 1 aromatic carbocycles. The standard InChI is InChI=1S/C6H8N2O2S/c7-8-5-2-1-3-6(4-5)11(9)10/h1-4,8H,7H2,(H,9,10). The van der Waals surface area contributed by atoms with Gasteiger partial charge in [-0.2, -0.15) is 0 Å². The molecule has 0 saturated heterocycles. The van der Waals surface area contributed by atoms with E-state index in [0.29, 0.717) is 10.6 Å². The minimum absolute atomic E-state index is 0.334. The number of anilines is 1. The van der Waals surface area contributed by atoms with Crippen molar-refractivity contribution in [2.45, 2.75) is 4.90 Å². The van der Waals surface area contributed by atoms with Gasteiger partial charge in [0.05, 0.1) is 4.90 Å². The SMILES string of the molecule is NNc1cccc(S(=O)O)c1. The molecule has 4 nitrogen and oxygen atoms in total. The molecule has 4 N–H and O–H groups in total. The highest BCUT2D eigenvalue weighted by Gasteiger charge is 1.98. The molecule has 0 amide bonds. The van der Waals surface area contributed by atoms with Crippen molar-refractivity contribution >= 4 is 16.8 Å². The number of hydrazine groups is 1. The molecule has 1 aromatic rings. The van der Waals surface area contributed by atoms with Crippen molar-refractivity contribution in [1.29, 1.82) is 0 Å². The highest BCUT2D eigenvalue weighted by Crippen LogP contribution is 2.11. The number of nitrogens with two attached hydrogens (primary N) is 1. The lowest BCUT2D eigenvalue weighted by molar-refractivity contribution is 0.564. The molecule has 0 aliphatic carbocycles. The minimum atomic E-state index is -1.94. The Bertz CT molecular complexity index is 277. The molecule has 1 atom stereocenters. The Balaban J connectivity index is 3.01. The van der Waals surface area contributed by atoms with Gasteiger partial charge in [-0.05, 0) is 18.2 Å². The van der Waals surface area contributed by atoms with E-state index >= 15 is 0 Å². The highest BCUT2D eigenvalue weighted by atomic mass is 32.2. The molecule has 0 aromatic heterocycles. The summed E-state index contributed by atoms with van der Waals surface area (Å²) in [5.74, 6) is 5.09.